The van der Waals surface area contributed by atoms with E-state index in [0.717, 1.165) is 0 Å². The third-order valence-electron chi connectivity index (χ3n) is 8.34. The first-order chi connectivity index (χ1) is 24.9. The average molecular weight is 759 g/mol. The summed E-state index contributed by atoms with van der Waals surface area (Å²) in [7, 11) is -4.62. The Bertz CT molecular complexity index is 1850. The first-order valence-corrected chi connectivity index (χ1v) is 18.5. The molecule has 19 heteroatoms. The van der Waals surface area contributed by atoms with Crippen LogP contribution < -0.4 is 26.8 Å². The number of hydrogen-bond donors (Lipinski definition) is 4. The van der Waals surface area contributed by atoms with Gasteiger partial charge in [0.05, 0.1) is 11.8 Å². The number of nitrogens with zero attached hydrogens (tertiary/aromatic N) is 4. The van der Waals surface area contributed by atoms with E-state index < -0.39 is 86.3 Å². The van der Waals surface area contributed by atoms with Crippen LogP contribution in [0.5, 0.6) is 5.75 Å². The zero-order valence-electron chi connectivity index (χ0n) is 30.6. The number of para-hydroxylation sites is 1. The zero-order valence-corrected chi connectivity index (χ0v) is 31.5. The Labute approximate surface area is 307 Å². The van der Waals surface area contributed by atoms with Gasteiger partial charge in [0.1, 0.15) is 54.5 Å². The molecule has 0 amide bonds. The molecule has 1 aliphatic heterocycles. The van der Waals surface area contributed by atoms with E-state index >= 15 is 0 Å². The molecule has 53 heavy (non-hydrogen) atoms. The average Bonchev–Trinajstić information content (AvgIpc) is 3.66. The van der Waals surface area contributed by atoms with Gasteiger partial charge in [0, 0.05) is 0 Å². The van der Waals surface area contributed by atoms with Gasteiger partial charge in [0.25, 0.3) is 0 Å². The van der Waals surface area contributed by atoms with Crippen LogP contribution in [-0.4, -0.2) is 81.2 Å². The van der Waals surface area contributed by atoms with Crippen molar-refractivity contribution >= 4 is 37.0 Å². The molecule has 1 saturated heterocycles. The van der Waals surface area contributed by atoms with Gasteiger partial charge in [-0.2, -0.15) is 15.4 Å². The minimum absolute atomic E-state index is 0.0845. The maximum absolute atomic E-state index is 14.5. The smallest absolute Gasteiger partial charge is 0.459 e. The Morgan fingerprint density at radius 1 is 0.981 bits per heavy atom. The molecule has 0 saturated carbocycles. The monoisotopic (exact) mass is 758 g/mol. The van der Waals surface area contributed by atoms with Crippen LogP contribution in [0, 0.1) is 23.2 Å². The van der Waals surface area contributed by atoms with Crippen molar-refractivity contribution in [3.63, 3.8) is 0 Å². The molecule has 1 unspecified atom stereocenters. The second kappa shape index (κ2) is 17.0. The van der Waals surface area contributed by atoms with Gasteiger partial charge in [0.2, 0.25) is 5.60 Å². The van der Waals surface area contributed by atoms with E-state index in [1.54, 1.807) is 71.9 Å². The van der Waals surface area contributed by atoms with Gasteiger partial charge < -0.3 is 40.7 Å². The van der Waals surface area contributed by atoms with Gasteiger partial charge >= 0.3 is 25.7 Å². The molecule has 3 heterocycles. The molecule has 288 valence electrons. The second-order valence-electron chi connectivity index (χ2n) is 13.6. The lowest BCUT2D eigenvalue weighted by Gasteiger charge is -2.31. The van der Waals surface area contributed by atoms with Crippen LogP contribution in [0.15, 0.2) is 48.8 Å². The van der Waals surface area contributed by atoms with Crippen LogP contribution in [0.3, 0.4) is 0 Å². The van der Waals surface area contributed by atoms with Gasteiger partial charge in [-0.25, -0.2) is 14.1 Å². The number of anilines is 1. The van der Waals surface area contributed by atoms with Crippen molar-refractivity contribution in [2.45, 2.75) is 96.6 Å². The predicted molar refractivity (Wildman–Crippen MR) is 189 cm³/mol. The van der Waals surface area contributed by atoms with E-state index in [4.69, 9.17) is 45.2 Å². The SMILES string of the molecule is CC(C)OC(=O)[C@H](C)N[P@](=O)(OC[C@@]1(C#N)O[C@@H](c2ccc3c(N)ncnn23)[C@H](OC(=O)C(N)C(C)C)[C@@H]1OC(=O)[C@@H](N)C(C)C)Oc1ccccc1. The van der Waals surface area contributed by atoms with Gasteiger partial charge in [-0.1, -0.05) is 45.9 Å². The molecule has 1 aliphatic rings. The lowest BCUT2D eigenvalue weighted by Crippen LogP contribution is -2.53. The van der Waals surface area contributed by atoms with Crippen LogP contribution in [0.4, 0.5) is 5.82 Å². The lowest BCUT2D eigenvalue weighted by atomic mass is 9.95. The fourth-order valence-corrected chi connectivity index (χ4v) is 6.72. The number of nitrogens with one attached hydrogen (secondary N) is 1. The molecule has 1 aromatic carbocycles. The van der Waals surface area contributed by atoms with Crippen molar-refractivity contribution in [2.24, 2.45) is 23.3 Å². The van der Waals surface area contributed by atoms with E-state index in [9.17, 15) is 24.2 Å². The first kappa shape index (κ1) is 41.1. The summed E-state index contributed by atoms with van der Waals surface area (Å²) in [6, 6.07) is 9.50. The highest BCUT2D eigenvalue weighted by molar-refractivity contribution is 7.52. The first-order valence-electron chi connectivity index (χ1n) is 17.0. The second-order valence-corrected chi connectivity index (χ2v) is 15.2. The summed E-state index contributed by atoms with van der Waals surface area (Å²) in [4.78, 5) is 43.8. The number of hydrogen-bond acceptors (Lipinski definition) is 16. The summed E-state index contributed by atoms with van der Waals surface area (Å²) in [5, 5.41) is 17.7. The molecule has 18 nitrogen and oxygen atoms in total. The number of fused-ring (bicyclic) bond motifs is 1. The molecular formula is C34H47N8O10P. The van der Waals surface area contributed by atoms with Crippen molar-refractivity contribution in [3.05, 3.63) is 54.5 Å². The third kappa shape index (κ3) is 9.49. The molecule has 0 bridgehead atoms. The Balaban J connectivity index is 1.84. The Kier molecular flexibility index (Phi) is 13.2. The Morgan fingerprint density at radius 2 is 1.60 bits per heavy atom. The van der Waals surface area contributed by atoms with E-state index in [-0.39, 0.29) is 23.2 Å². The van der Waals surface area contributed by atoms with E-state index in [1.165, 1.54) is 29.9 Å². The molecular weight excluding hydrogens is 711 g/mol. The molecule has 4 rings (SSSR count). The van der Waals surface area contributed by atoms with Crippen molar-refractivity contribution in [2.75, 3.05) is 12.3 Å². The molecule has 0 radical (unpaired) electrons. The van der Waals surface area contributed by atoms with E-state index in [1.807, 2.05) is 6.07 Å². The number of nitriles is 1. The highest BCUT2D eigenvalue weighted by Gasteiger charge is 2.62. The van der Waals surface area contributed by atoms with Crippen molar-refractivity contribution in [1.29, 1.82) is 5.26 Å². The van der Waals surface area contributed by atoms with Gasteiger partial charge in [-0.15, -0.1) is 0 Å². The normalized spacial score (nSPS) is 22.9. The van der Waals surface area contributed by atoms with Crippen LogP contribution in [0.25, 0.3) is 5.52 Å². The standard InChI is InChI=1S/C34H47N8O10P/c1-18(2)25(36)32(44)49-28-27(23-13-14-24-30(38)39-17-40-42(23)24)51-34(15-35,29(28)50-33(45)26(37)19(3)4)16-47-53(46,52-22-11-9-8-10-12-22)41-21(7)31(43)48-20(5)6/h8-14,17-21,25-29H,16,36-37H2,1-7H3,(H,41,46)(H2,38,39,40)/t21-,25?,26-,27-,28-,29-,34+,53-/m0/s1. The fourth-order valence-electron chi connectivity index (χ4n) is 5.20. The number of carbonyl (C=O) groups excluding carboxylic acids is 3. The highest BCUT2D eigenvalue weighted by atomic mass is 31.2. The predicted octanol–water partition coefficient (Wildman–Crippen LogP) is 2.57. The van der Waals surface area contributed by atoms with Crippen LogP contribution in [0.2, 0.25) is 0 Å². The number of nitrogen functional groups attached to an aromatic ring is 1. The molecule has 7 N–H and O–H groups in total. The number of nitrogens with two attached hydrogens (primary N) is 3. The number of ether oxygens (including phenoxy) is 4. The van der Waals surface area contributed by atoms with Crippen molar-refractivity contribution in [1.82, 2.24) is 19.7 Å². The maximum Gasteiger partial charge on any atom is 0.459 e. The van der Waals surface area contributed by atoms with Crippen LogP contribution in [-0.2, 0) is 42.4 Å². The molecule has 1 fully saturated rings. The van der Waals surface area contributed by atoms with Crippen LogP contribution >= 0.6 is 7.75 Å². The van der Waals surface area contributed by atoms with Gasteiger partial charge in [-0.05, 0) is 56.9 Å². The van der Waals surface area contributed by atoms with Gasteiger partial charge in [-0.3, -0.25) is 18.9 Å². The molecule has 8 atom stereocenters. The number of carbonyl (C=O) groups is 3. The largest absolute Gasteiger partial charge is 0.462 e. The third-order valence-corrected chi connectivity index (χ3v) is 9.96. The topological polar surface area (TPSA) is 268 Å². The maximum atomic E-state index is 14.5. The number of aromatic nitrogens is 3. The van der Waals surface area contributed by atoms with Crippen molar-refractivity contribution in [3.8, 4) is 11.8 Å². The highest BCUT2D eigenvalue weighted by Crippen LogP contribution is 2.50. The van der Waals surface area contributed by atoms with E-state index in [2.05, 4.69) is 15.2 Å². The summed E-state index contributed by atoms with van der Waals surface area (Å²) in [6.45, 7) is 10.5. The van der Waals surface area contributed by atoms with Crippen molar-refractivity contribution < 1.29 is 46.9 Å². The number of rotatable bonds is 16. The summed E-state index contributed by atoms with van der Waals surface area (Å²) in [6.07, 6.45) is -4.04. The minimum atomic E-state index is -4.62. The zero-order chi connectivity index (χ0) is 39.2. The molecule has 0 spiro atoms. The minimum Gasteiger partial charge on any atom is -0.462 e. The molecule has 3 aromatic rings. The number of benzene rings is 1. The van der Waals surface area contributed by atoms with E-state index in [0.29, 0.717) is 5.52 Å². The Morgan fingerprint density at radius 3 is 2.19 bits per heavy atom. The summed E-state index contributed by atoms with van der Waals surface area (Å²) in [5.74, 6) is -3.21. The summed E-state index contributed by atoms with van der Waals surface area (Å²) < 4.78 is 51.0. The summed E-state index contributed by atoms with van der Waals surface area (Å²) >= 11 is 0. The Hall–Kier alpha value is -4.63. The number of esters is 3. The van der Waals surface area contributed by atoms with Crippen LogP contribution in [0.1, 0.15) is 60.3 Å². The fraction of sp³-hybridized carbons (Fsp3) is 0.529. The quantitative estimate of drug-likeness (QED) is 0.0928. The lowest BCUT2D eigenvalue weighted by molar-refractivity contribution is -0.172. The molecule has 0 aliphatic carbocycles. The van der Waals surface area contributed by atoms with Gasteiger partial charge in [0.15, 0.2) is 18.0 Å². The summed E-state index contributed by atoms with van der Waals surface area (Å²) in [5.41, 5.74) is 16.6. The molecule has 2 aromatic heterocycles.